The summed E-state index contributed by atoms with van der Waals surface area (Å²) in [5.41, 5.74) is 3.00. The van der Waals surface area contributed by atoms with E-state index in [0.29, 0.717) is 21.6 Å². The largest absolute Gasteiger partial charge is 0.342 e. The minimum Gasteiger partial charge on any atom is -0.342 e. The standard InChI is InChI=1S/C20H20N6S4/c1-2-5-18(25-19(29)23-16-8-3-6-14(10-16)21-12-27)26-20(30)24-17-9-4-7-15(11-17)22-13-28/h3-4,6-11,18H,2,5H2,1H3,(H2,23,25,29)(H2,24,26,30). The van der Waals surface area contributed by atoms with Gasteiger partial charge in [0.25, 0.3) is 0 Å². The fourth-order valence-electron chi connectivity index (χ4n) is 2.53. The molecule has 154 valence electrons. The van der Waals surface area contributed by atoms with E-state index in [4.69, 9.17) is 24.4 Å². The molecule has 0 radical (unpaired) electrons. The van der Waals surface area contributed by atoms with Crippen LogP contribution in [0.1, 0.15) is 19.8 Å². The number of aliphatic imine (C=N–C) groups is 2. The van der Waals surface area contributed by atoms with Crippen molar-refractivity contribution < 1.29 is 0 Å². The van der Waals surface area contributed by atoms with E-state index in [1.807, 2.05) is 48.5 Å². The normalized spacial score (nSPS) is 10.6. The van der Waals surface area contributed by atoms with Gasteiger partial charge >= 0.3 is 0 Å². The van der Waals surface area contributed by atoms with Crippen LogP contribution in [0.15, 0.2) is 58.5 Å². The lowest BCUT2D eigenvalue weighted by Crippen LogP contribution is -2.50. The van der Waals surface area contributed by atoms with Crippen LogP contribution in [0.2, 0.25) is 0 Å². The highest BCUT2D eigenvalue weighted by Gasteiger charge is 2.11. The van der Waals surface area contributed by atoms with Crippen molar-refractivity contribution >= 4 is 92.2 Å². The van der Waals surface area contributed by atoms with Gasteiger partial charge in [0.1, 0.15) is 6.17 Å². The number of nitrogens with one attached hydrogen (secondary N) is 4. The molecule has 0 fully saturated rings. The van der Waals surface area contributed by atoms with E-state index in [9.17, 15) is 0 Å². The summed E-state index contributed by atoms with van der Waals surface area (Å²) in [6.07, 6.45) is 1.60. The van der Waals surface area contributed by atoms with Crippen molar-refractivity contribution in [2.45, 2.75) is 25.9 Å². The van der Waals surface area contributed by atoms with Crippen LogP contribution in [-0.2, 0) is 0 Å². The molecule has 6 nitrogen and oxygen atoms in total. The third-order valence-electron chi connectivity index (χ3n) is 3.75. The molecule has 2 rings (SSSR count). The zero-order valence-corrected chi connectivity index (χ0v) is 19.4. The second kappa shape index (κ2) is 12.9. The minimum atomic E-state index is -0.153. The van der Waals surface area contributed by atoms with Gasteiger partial charge in [0.2, 0.25) is 0 Å². The Kier molecular flexibility index (Phi) is 10.2. The number of hydrogen-bond donors (Lipinski definition) is 4. The SMILES string of the molecule is CCCC(NC(=S)Nc1cccc(N=C=S)c1)NC(=S)Nc1cccc(N=C=S)c1. The minimum absolute atomic E-state index is 0.153. The average Bonchev–Trinajstić information content (AvgIpc) is 2.69. The van der Waals surface area contributed by atoms with Gasteiger partial charge in [-0.25, -0.2) is 0 Å². The zero-order valence-electron chi connectivity index (χ0n) is 16.1. The maximum atomic E-state index is 5.44. The highest BCUT2D eigenvalue weighted by atomic mass is 32.1. The lowest BCUT2D eigenvalue weighted by Gasteiger charge is -2.23. The maximum absolute atomic E-state index is 5.44. The topological polar surface area (TPSA) is 72.8 Å². The third kappa shape index (κ3) is 8.42. The molecular formula is C20H20N6S4. The summed E-state index contributed by atoms with van der Waals surface area (Å²) in [6, 6.07) is 14.8. The van der Waals surface area contributed by atoms with Crippen molar-refractivity contribution in [3.63, 3.8) is 0 Å². The maximum Gasteiger partial charge on any atom is 0.172 e. The van der Waals surface area contributed by atoms with E-state index in [1.54, 1.807) is 0 Å². The third-order valence-corrected chi connectivity index (χ3v) is 4.37. The summed E-state index contributed by atoms with van der Waals surface area (Å²) in [6.45, 7) is 2.09. The van der Waals surface area contributed by atoms with Crippen LogP contribution in [0.3, 0.4) is 0 Å². The van der Waals surface area contributed by atoms with Gasteiger partial charge in [-0.3, -0.25) is 0 Å². The fraction of sp³-hybridized carbons (Fsp3) is 0.200. The van der Waals surface area contributed by atoms with Crippen LogP contribution in [-0.4, -0.2) is 26.7 Å². The number of rotatable bonds is 8. The Morgan fingerprint density at radius 1 is 0.867 bits per heavy atom. The molecule has 30 heavy (non-hydrogen) atoms. The molecule has 0 heterocycles. The summed E-state index contributed by atoms with van der Waals surface area (Å²) in [4.78, 5) is 7.94. The summed E-state index contributed by atoms with van der Waals surface area (Å²) >= 11 is 20.2. The van der Waals surface area contributed by atoms with E-state index >= 15 is 0 Å². The van der Waals surface area contributed by atoms with Crippen LogP contribution in [0.5, 0.6) is 0 Å². The van der Waals surface area contributed by atoms with Gasteiger partial charge in [-0.1, -0.05) is 25.5 Å². The smallest absolute Gasteiger partial charge is 0.172 e. The number of isothiocyanates is 2. The van der Waals surface area contributed by atoms with E-state index in [-0.39, 0.29) is 6.17 Å². The summed E-state index contributed by atoms with van der Waals surface area (Å²) in [5.74, 6) is 0. The van der Waals surface area contributed by atoms with Gasteiger partial charge in [-0.15, -0.1) is 0 Å². The van der Waals surface area contributed by atoms with Crippen LogP contribution in [0.4, 0.5) is 22.7 Å². The van der Waals surface area contributed by atoms with Gasteiger partial charge in [-0.05, 0) is 91.7 Å². The molecule has 0 bridgehead atoms. The van der Waals surface area contributed by atoms with E-state index < -0.39 is 0 Å². The van der Waals surface area contributed by atoms with Crippen molar-refractivity contribution in [1.29, 1.82) is 0 Å². The number of thiocarbonyl (C=S) groups is 4. The zero-order chi connectivity index (χ0) is 21.8. The molecule has 0 unspecified atom stereocenters. The van der Waals surface area contributed by atoms with Crippen LogP contribution < -0.4 is 21.3 Å². The molecule has 0 aliphatic heterocycles. The molecule has 0 saturated carbocycles. The Balaban J connectivity index is 1.96. The number of anilines is 2. The Labute approximate surface area is 197 Å². The molecule has 10 heteroatoms. The van der Waals surface area contributed by atoms with Crippen LogP contribution in [0, 0.1) is 0 Å². The molecule has 2 aromatic carbocycles. The first-order chi connectivity index (χ1) is 14.5. The molecule has 0 aromatic heterocycles. The number of hydrogen-bond acceptors (Lipinski definition) is 6. The van der Waals surface area contributed by atoms with Crippen molar-refractivity contribution in [2.75, 3.05) is 10.6 Å². The van der Waals surface area contributed by atoms with Gasteiger partial charge < -0.3 is 21.3 Å². The summed E-state index contributed by atoms with van der Waals surface area (Å²) in [5, 5.41) is 18.4. The van der Waals surface area contributed by atoms with Crippen LogP contribution >= 0.6 is 48.9 Å². The number of nitrogens with zero attached hydrogens (tertiary/aromatic N) is 2. The van der Waals surface area contributed by atoms with Gasteiger partial charge in [0.15, 0.2) is 10.2 Å². The van der Waals surface area contributed by atoms with E-state index in [2.05, 4.69) is 72.9 Å². The van der Waals surface area contributed by atoms with Gasteiger partial charge in [-0.2, -0.15) is 9.98 Å². The van der Waals surface area contributed by atoms with E-state index in [0.717, 1.165) is 24.2 Å². The van der Waals surface area contributed by atoms with E-state index in [1.165, 1.54) is 0 Å². The molecule has 0 spiro atoms. The molecule has 0 saturated heterocycles. The quantitative estimate of drug-likeness (QED) is 0.226. The summed E-state index contributed by atoms with van der Waals surface area (Å²) < 4.78 is 0. The van der Waals surface area contributed by atoms with Crippen molar-refractivity contribution in [1.82, 2.24) is 10.6 Å². The van der Waals surface area contributed by atoms with Crippen molar-refractivity contribution in [3.05, 3.63) is 48.5 Å². The molecule has 0 atom stereocenters. The van der Waals surface area contributed by atoms with Gasteiger partial charge in [0.05, 0.1) is 21.7 Å². The highest BCUT2D eigenvalue weighted by Crippen LogP contribution is 2.18. The Morgan fingerprint density at radius 2 is 1.33 bits per heavy atom. The predicted octanol–water partition coefficient (Wildman–Crippen LogP) is 5.55. The Bertz CT molecular complexity index is 919. The predicted molar refractivity (Wildman–Crippen MR) is 140 cm³/mol. The molecule has 0 aliphatic rings. The lowest BCUT2D eigenvalue weighted by molar-refractivity contribution is 0.527. The average molecular weight is 473 g/mol. The second-order valence-corrected chi connectivity index (χ2v) is 7.23. The fourth-order valence-corrected chi connectivity index (χ4v) is 3.26. The second-order valence-electron chi connectivity index (χ2n) is 6.05. The number of benzene rings is 2. The first-order valence-corrected chi connectivity index (χ1v) is 10.7. The monoisotopic (exact) mass is 472 g/mol. The first-order valence-electron chi connectivity index (χ1n) is 9.05. The van der Waals surface area contributed by atoms with Crippen molar-refractivity contribution in [2.24, 2.45) is 9.98 Å². The van der Waals surface area contributed by atoms with Gasteiger partial charge in [0, 0.05) is 11.4 Å². The lowest BCUT2D eigenvalue weighted by atomic mass is 10.2. The van der Waals surface area contributed by atoms with Crippen molar-refractivity contribution in [3.8, 4) is 0 Å². The van der Waals surface area contributed by atoms with Crippen LogP contribution in [0.25, 0.3) is 0 Å². The molecular weight excluding hydrogens is 453 g/mol. The molecule has 0 aliphatic carbocycles. The first kappa shape index (κ1) is 23.7. The molecule has 4 N–H and O–H groups in total. The Hall–Kier alpha value is -2.58. The Morgan fingerprint density at radius 3 is 1.73 bits per heavy atom. The molecule has 0 amide bonds. The summed E-state index contributed by atoms with van der Waals surface area (Å²) in [7, 11) is 0. The molecule has 2 aromatic rings. The highest BCUT2D eigenvalue weighted by molar-refractivity contribution is 7.80.